The molecular weight excluding hydrogens is 364 g/mol. The van der Waals surface area contributed by atoms with Crippen LogP contribution in [0.3, 0.4) is 0 Å². The lowest BCUT2D eigenvalue weighted by atomic mass is 10.0. The molecule has 0 saturated carbocycles. The topological polar surface area (TPSA) is 49.3 Å². The first kappa shape index (κ1) is 20.4. The van der Waals surface area contributed by atoms with Gasteiger partial charge < -0.3 is 19.7 Å². The second kappa shape index (κ2) is 10.3. The van der Waals surface area contributed by atoms with Gasteiger partial charge in [-0.3, -0.25) is 9.89 Å². The number of guanidine groups is 1. The highest BCUT2D eigenvalue weighted by Gasteiger charge is 2.27. The number of hydrogen-bond acceptors (Lipinski definition) is 4. The molecule has 0 aliphatic carbocycles. The van der Waals surface area contributed by atoms with Gasteiger partial charge in [0, 0.05) is 57.8 Å². The standard InChI is InChI=1S/C20H31ClN4O2/c1-22-20(25-7-6-16(14-25)15-26-2)23-13-19(24-8-10-27-11-9-24)17-4-3-5-18(21)12-17/h3-5,12,16,19H,6-11,13-15H2,1-2H3,(H,22,23). The minimum absolute atomic E-state index is 0.238. The Labute approximate surface area is 167 Å². The van der Waals surface area contributed by atoms with Gasteiger partial charge in [0.05, 0.1) is 25.9 Å². The van der Waals surface area contributed by atoms with Crippen LogP contribution < -0.4 is 5.32 Å². The average Bonchev–Trinajstić information content (AvgIpc) is 3.15. The molecule has 1 aromatic rings. The zero-order valence-corrected chi connectivity index (χ0v) is 17.1. The van der Waals surface area contributed by atoms with Gasteiger partial charge in [0.25, 0.3) is 0 Å². The Morgan fingerprint density at radius 2 is 2.19 bits per heavy atom. The summed E-state index contributed by atoms with van der Waals surface area (Å²) in [6.07, 6.45) is 1.15. The molecule has 27 heavy (non-hydrogen) atoms. The molecule has 0 radical (unpaired) electrons. The Balaban J connectivity index is 1.66. The number of aliphatic imine (C=N–C) groups is 1. The summed E-state index contributed by atoms with van der Waals surface area (Å²) in [7, 11) is 3.63. The largest absolute Gasteiger partial charge is 0.384 e. The number of rotatable bonds is 6. The monoisotopic (exact) mass is 394 g/mol. The molecule has 2 atom stereocenters. The van der Waals surface area contributed by atoms with Gasteiger partial charge in [-0.05, 0) is 24.1 Å². The van der Waals surface area contributed by atoms with Gasteiger partial charge in [-0.2, -0.15) is 0 Å². The summed E-state index contributed by atoms with van der Waals surface area (Å²) in [5, 5.41) is 4.37. The van der Waals surface area contributed by atoms with E-state index in [1.165, 1.54) is 5.56 Å². The maximum Gasteiger partial charge on any atom is 0.193 e. The molecule has 2 unspecified atom stereocenters. The second-order valence-electron chi connectivity index (χ2n) is 7.20. The van der Waals surface area contributed by atoms with Crippen LogP contribution in [0, 0.1) is 5.92 Å². The van der Waals surface area contributed by atoms with E-state index in [1.807, 2.05) is 19.2 Å². The molecule has 2 aliphatic heterocycles. The molecule has 1 N–H and O–H groups in total. The van der Waals surface area contributed by atoms with Crippen molar-refractivity contribution in [2.45, 2.75) is 12.5 Å². The van der Waals surface area contributed by atoms with E-state index in [9.17, 15) is 0 Å². The fraction of sp³-hybridized carbons (Fsp3) is 0.650. The Hall–Kier alpha value is -1.34. The van der Waals surface area contributed by atoms with E-state index in [4.69, 9.17) is 21.1 Å². The summed E-state index contributed by atoms with van der Waals surface area (Å²) in [4.78, 5) is 9.31. The van der Waals surface area contributed by atoms with Crippen molar-refractivity contribution in [2.24, 2.45) is 10.9 Å². The third kappa shape index (κ3) is 5.57. The fourth-order valence-corrected chi connectivity index (χ4v) is 4.18. The molecule has 0 amide bonds. The van der Waals surface area contributed by atoms with Crippen molar-refractivity contribution in [3.8, 4) is 0 Å². The molecule has 0 spiro atoms. The predicted octanol–water partition coefficient (Wildman–Crippen LogP) is 2.26. The summed E-state index contributed by atoms with van der Waals surface area (Å²) in [6, 6.07) is 8.41. The van der Waals surface area contributed by atoms with E-state index in [-0.39, 0.29) is 6.04 Å². The van der Waals surface area contributed by atoms with E-state index in [0.29, 0.717) is 5.92 Å². The van der Waals surface area contributed by atoms with Crippen LogP contribution in [0.25, 0.3) is 0 Å². The first-order valence-electron chi connectivity index (χ1n) is 9.73. The maximum atomic E-state index is 6.26. The van der Waals surface area contributed by atoms with Crippen LogP contribution in [0.2, 0.25) is 5.02 Å². The number of halogens is 1. The van der Waals surface area contributed by atoms with Crippen LogP contribution in [0.5, 0.6) is 0 Å². The highest BCUT2D eigenvalue weighted by molar-refractivity contribution is 6.30. The summed E-state index contributed by atoms with van der Waals surface area (Å²) in [5.41, 5.74) is 1.23. The first-order chi connectivity index (χ1) is 13.2. The number of likely N-dealkylation sites (tertiary alicyclic amines) is 1. The lowest BCUT2D eigenvalue weighted by Crippen LogP contribution is -2.47. The van der Waals surface area contributed by atoms with Crippen molar-refractivity contribution < 1.29 is 9.47 Å². The van der Waals surface area contributed by atoms with E-state index >= 15 is 0 Å². The number of hydrogen-bond donors (Lipinski definition) is 1. The third-order valence-electron chi connectivity index (χ3n) is 5.37. The highest BCUT2D eigenvalue weighted by atomic mass is 35.5. The molecule has 2 fully saturated rings. The maximum absolute atomic E-state index is 6.26. The lowest BCUT2D eigenvalue weighted by Gasteiger charge is -2.35. The van der Waals surface area contributed by atoms with Crippen molar-refractivity contribution >= 4 is 17.6 Å². The molecule has 7 heteroatoms. The average molecular weight is 395 g/mol. The smallest absolute Gasteiger partial charge is 0.193 e. The highest BCUT2D eigenvalue weighted by Crippen LogP contribution is 2.24. The minimum Gasteiger partial charge on any atom is -0.384 e. The summed E-state index contributed by atoms with van der Waals surface area (Å²) in [6.45, 7) is 7.02. The van der Waals surface area contributed by atoms with Crippen LogP contribution >= 0.6 is 11.6 Å². The van der Waals surface area contributed by atoms with E-state index in [1.54, 1.807) is 7.11 Å². The van der Waals surface area contributed by atoms with Crippen LogP contribution in [0.4, 0.5) is 0 Å². The number of nitrogens with zero attached hydrogens (tertiary/aromatic N) is 3. The summed E-state index contributed by atoms with van der Waals surface area (Å²) >= 11 is 6.26. The number of ether oxygens (including phenoxy) is 2. The van der Waals surface area contributed by atoms with Crippen molar-refractivity contribution in [1.82, 2.24) is 15.1 Å². The Morgan fingerprint density at radius 3 is 2.89 bits per heavy atom. The second-order valence-corrected chi connectivity index (χ2v) is 7.64. The van der Waals surface area contributed by atoms with Gasteiger partial charge in [0.1, 0.15) is 0 Å². The molecule has 3 rings (SSSR count). The van der Waals surface area contributed by atoms with Crippen molar-refractivity contribution in [2.75, 3.05) is 66.7 Å². The van der Waals surface area contributed by atoms with Gasteiger partial charge in [-0.15, -0.1) is 0 Å². The van der Waals surface area contributed by atoms with Gasteiger partial charge in [0.2, 0.25) is 0 Å². The molecule has 2 aliphatic rings. The SMILES string of the molecule is CN=C(NCC(c1cccc(Cl)c1)N1CCOCC1)N1CCC(COC)C1. The number of nitrogens with one attached hydrogen (secondary N) is 1. The Kier molecular flexibility index (Phi) is 7.76. The molecule has 2 saturated heterocycles. The van der Waals surface area contributed by atoms with Gasteiger partial charge in [-0.1, -0.05) is 23.7 Å². The van der Waals surface area contributed by atoms with E-state index < -0.39 is 0 Å². The van der Waals surface area contributed by atoms with Crippen LogP contribution in [-0.2, 0) is 9.47 Å². The molecule has 0 aromatic heterocycles. The first-order valence-corrected chi connectivity index (χ1v) is 10.1. The van der Waals surface area contributed by atoms with Gasteiger partial charge in [-0.25, -0.2) is 0 Å². The number of morpholine rings is 1. The molecule has 0 bridgehead atoms. The minimum atomic E-state index is 0.238. The van der Waals surface area contributed by atoms with Crippen LogP contribution in [-0.4, -0.2) is 82.5 Å². The van der Waals surface area contributed by atoms with E-state index in [2.05, 4.69) is 32.2 Å². The van der Waals surface area contributed by atoms with Crippen molar-refractivity contribution in [3.63, 3.8) is 0 Å². The molecule has 150 valence electrons. The van der Waals surface area contributed by atoms with Crippen molar-refractivity contribution in [1.29, 1.82) is 0 Å². The molecule has 6 nitrogen and oxygen atoms in total. The zero-order chi connectivity index (χ0) is 19.1. The summed E-state index contributed by atoms with van der Waals surface area (Å²) < 4.78 is 10.9. The fourth-order valence-electron chi connectivity index (χ4n) is 3.98. The molecule has 2 heterocycles. The predicted molar refractivity (Wildman–Crippen MR) is 110 cm³/mol. The summed E-state index contributed by atoms with van der Waals surface area (Å²) in [5.74, 6) is 1.55. The Morgan fingerprint density at radius 1 is 1.37 bits per heavy atom. The van der Waals surface area contributed by atoms with Crippen LogP contribution in [0.15, 0.2) is 29.3 Å². The Bertz CT molecular complexity index is 622. The molecular formula is C20H31ClN4O2. The van der Waals surface area contributed by atoms with Gasteiger partial charge in [0.15, 0.2) is 5.96 Å². The normalized spacial score (nSPS) is 22.9. The quantitative estimate of drug-likeness (QED) is 0.592. The number of methoxy groups -OCH3 is 1. The van der Waals surface area contributed by atoms with Crippen molar-refractivity contribution in [3.05, 3.63) is 34.9 Å². The third-order valence-corrected chi connectivity index (χ3v) is 5.61. The zero-order valence-electron chi connectivity index (χ0n) is 16.4. The van der Waals surface area contributed by atoms with E-state index in [0.717, 1.165) is 69.9 Å². The van der Waals surface area contributed by atoms with Crippen LogP contribution in [0.1, 0.15) is 18.0 Å². The number of benzene rings is 1. The molecule has 1 aromatic carbocycles. The van der Waals surface area contributed by atoms with Gasteiger partial charge >= 0.3 is 0 Å². The lowest BCUT2D eigenvalue weighted by molar-refractivity contribution is 0.0169.